The number of ketones is 1. The molecule has 0 spiro atoms. The van der Waals surface area contributed by atoms with Gasteiger partial charge in [-0.15, -0.1) is 0 Å². The van der Waals surface area contributed by atoms with Gasteiger partial charge >= 0.3 is 5.97 Å². The maximum Gasteiger partial charge on any atom is 0.335 e. The molecule has 30 heavy (non-hydrogen) atoms. The Labute approximate surface area is 177 Å². The molecule has 2 aromatic carbocycles. The lowest BCUT2D eigenvalue weighted by molar-refractivity contribution is -0.121. The third kappa shape index (κ3) is 4.59. The second-order valence-electron chi connectivity index (χ2n) is 8.30. The van der Waals surface area contributed by atoms with Crippen molar-refractivity contribution >= 4 is 22.7 Å². The van der Waals surface area contributed by atoms with Crippen LogP contribution in [0.3, 0.4) is 0 Å². The summed E-state index contributed by atoms with van der Waals surface area (Å²) in [6, 6.07) is 17.5. The van der Waals surface area contributed by atoms with Gasteiger partial charge < -0.3 is 5.11 Å². The van der Waals surface area contributed by atoms with E-state index in [9.17, 15) is 9.59 Å². The van der Waals surface area contributed by atoms with Gasteiger partial charge in [0.25, 0.3) is 0 Å². The second-order valence-corrected chi connectivity index (χ2v) is 8.30. The number of hydrogen-bond acceptors (Lipinski definition) is 3. The number of aromatic carboxylic acids is 1. The van der Waals surface area contributed by atoms with Crippen molar-refractivity contribution in [2.24, 2.45) is 11.8 Å². The predicted molar refractivity (Wildman–Crippen MR) is 118 cm³/mol. The number of hydrogen-bond donors (Lipinski definition) is 1. The molecule has 1 heterocycles. The first-order valence-electron chi connectivity index (χ1n) is 10.8. The summed E-state index contributed by atoms with van der Waals surface area (Å²) < 4.78 is 0. The summed E-state index contributed by atoms with van der Waals surface area (Å²) in [5.74, 6) is 0.0831. The fraction of sp³-hybridized carbons (Fsp3) is 0.346. The minimum Gasteiger partial charge on any atom is -0.478 e. The van der Waals surface area contributed by atoms with E-state index in [0.717, 1.165) is 55.0 Å². The number of aryl methyl sites for hydroxylation is 2. The van der Waals surface area contributed by atoms with Gasteiger partial charge in [0.05, 0.1) is 11.1 Å². The van der Waals surface area contributed by atoms with E-state index in [1.807, 2.05) is 18.3 Å². The number of carboxylic acid groups (broad SMARTS) is 1. The monoisotopic (exact) mass is 401 g/mol. The maximum absolute atomic E-state index is 12.5. The van der Waals surface area contributed by atoms with E-state index in [-0.39, 0.29) is 5.92 Å². The van der Waals surface area contributed by atoms with Crippen molar-refractivity contribution in [1.82, 2.24) is 4.98 Å². The van der Waals surface area contributed by atoms with Crippen molar-refractivity contribution in [3.8, 4) is 0 Å². The summed E-state index contributed by atoms with van der Waals surface area (Å²) in [4.78, 5) is 28.2. The number of fused-ring (bicyclic) bond motifs is 1. The molecule has 0 saturated heterocycles. The van der Waals surface area contributed by atoms with Gasteiger partial charge in [-0.25, -0.2) is 4.79 Å². The molecule has 154 valence electrons. The number of aromatic nitrogens is 1. The Kier molecular flexibility index (Phi) is 6.22. The number of Topliss-reactive ketones (excluding diaryl/α,β-unsaturated/α-hetero) is 1. The molecule has 0 bridgehead atoms. The first-order chi connectivity index (χ1) is 14.6. The van der Waals surface area contributed by atoms with Gasteiger partial charge in [-0.1, -0.05) is 36.4 Å². The van der Waals surface area contributed by atoms with E-state index >= 15 is 0 Å². The number of benzene rings is 2. The van der Waals surface area contributed by atoms with E-state index < -0.39 is 5.97 Å². The van der Waals surface area contributed by atoms with Crippen LogP contribution in [0, 0.1) is 11.8 Å². The zero-order valence-electron chi connectivity index (χ0n) is 17.1. The molecule has 1 saturated carbocycles. The lowest BCUT2D eigenvalue weighted by Gasteiger charge is -2.19. The SMILES string of the molecule is O=C(O)c1cccc(CCC[C@H]2CCC(=O)[C@@H]2CCc2cccc3cccnc23)c1. The largest absolute Gasteiger partial charge is 0.478 e. The highest BCUT2D eigenvalue weighted by Crippen LogP contribution is 2.36. The molecule has 1 aromatic heterocycles. The molecule has 0 aliphatic heterocycles. The van der Waals surface area contributed by atoms with Crippen LogP contribution in [0.4, 0.5) is 0 Å². The number of rotatable bonds is 8. The van der Waals surface area contributed by atoms with Gasteiger partial charge in [-0.05, 0) is 73.8 Å². The number of carbonyl (C=O) groups excluding carboxylic acids is 1. The van der Waals surface area contributed by atoms with Crippen molar-refractivity contribution in [2.45, 2.75) is 44.9 Å². The Morgan fingerprint density at radius 1 is 1.03 bits per heavy atom. The lowest BCUT2D eigenvalue weighted by Crippen LogP contribution is -2.16. The highest BCUT2D eigenvalue weighted by molar-refractivity contribution is 5.87. The molecule has 4 nitrogen and oxygen atoms in total. The van der Waals surface area contributed by atoms with E-state index in [1.165, 1.54) is 5.56 Å². The molecule has 4 heteroatoms. The molecule has 1 N–H and O–H groups in total. The van der Waals surface area contributed by atoms with Crippen LogP contribution >= 0.6 is 0 Å². The molecule has 0 unspecified atom stereocenters. The highest BCUT2D eigenvalue weighted by Gasteiger charge is 2.33. The van der Waals surface area contributed by atoms with Crippen LogP contribution in [0.2, 0.25) is 0 Å². The Hall–Kier alpha value is -3.01. The van der Waals surface area contributed by atoms with Crippen molar-refractivity contribution in [1.29, 1.82) is 0 Å². The number of pyridine rings is 1. The van der Waals surface area contributed by atoms with Crippen LogP contribution in [0.5, 0.6) is 0 Å². The Morgan fingerprint density at radius 2 is 1.87 bits per heavy atom. The predicted octanol–water partition coefficient (Wildman–Crippen LogP) is 5.48. The van der Waals surface area contributed by atoms with Gasteiger partial charge in [-0.3, -0.25) is 9.78 Å². The van der Waals surface area contributed by atoms with Crippen LogP contribution in [0.15, 0.2) is 60.8 Å². The van der Waals surface area contributed by atoms with Crippen LogP contribution in [0.25, 0.3) is 10.9 Å². The molecule has 0 amide bonds. The van der Waals surface area contributed by atoms with Crippen LogP contribution in [-0.2, 0) is 17.6 Å². The first-order valence-corrected chi connectivity index (χ1v) is 10.8. The van der Waals surface area contributed by atoms with E-state index in [2.05, 4.69) is 29.2 Å². The molecule has 1 fully saturated rings. The van der Waals surface area contributed by atoms with Crippen molar-refractivity contribution in [2.75, 3.05) is 0 Å². The summed E-state index contributed by atoms with van der Waals surface area (Å²) in [5, 5.41) is 10.3. The summed E-state index contributed by atoms with van der Waals surface area (Å²) in [5.41, 5.74) is 3.65. The Balaban J connectivity index is 1.35. The minimum atomic E-state index is -0.888. The highest BCUT2D eigenvalue weighted by atomic mass is 16.4. The molecule has 0 radical (unpaired) electrons. The Morgan fingerprint density at radius 3 is 2.73 bits per heavy atom. The number of carbonyl (C=O) groups is 2. The van der Waals surface area contributed by atoms with Crippen molar-refractivity contribution < 1.29 is 14.7 Å². The fourth-order valence-electron chi connectivity index (χ4n) is 4.83. The molecule has 4 rings (SSSR count). The van der Waals surface area contributed by atoms with Crippen LogP contribution < -0.4 is 0 Å². The fourth-order valence-corrected chi connectivity index (χ4v) is 4.83. The molecule has 1 aliphatic rings. The average molecular weight is 402 g/mol. The molecule has 3 aromatic rings. The van der Waals surface area contributed by atoms with Crippen molar-refractivity contribution in [3.05, 3.63) is 77.5 Å². The zero-order chi connectivity index (χ0) is 20.9. The summed E-state index contributed by atoms with van der Waals surface area (Å²) in [6.07, 6.45) is 8.11. The van der Waals surface area contributed by atoms with Gasteiger partial charge in [-0.2, -0.15) is 0 Å². The Bertz CT molecular complexity index is 1050. The molecular weight excluding hydrogens is 374 g/mol. The normalized spacial score (nSPS) is 18.7. The van der Waals surface area contributed by atoms with Gasteiger partial charge in [0, 0.05) is 23.9 Å². The smallest absolute Gasteiger partial charge is 0.335 e. The lowest BCUT2D eigenvalue weighted by atomic mass is 9.85. The van der Waals surface area contributed by atoms with E-state index in [0.29, 0.717) is 23.7 Å². The van der Waals surface area contributed by atoms with E-state index in [4.69, 9.17) is 5.11 Å². The molecule has 1 aliphatic carbocycles. The average Bonchev–Trinajstić information content (AvgIpc) is 3.11. The number of carboxylic acids is 1. The third-order valence-corrected chi connectivity index (χ3v) is 6.40. The standard InChI is InChI=1S/C26H27NO3/c28-24-15-13-19(7-1-5-18-6-2-10-22(17-18)26(29)30)23(24)14-12-21-9-3-8-20-11-4-16-27-25(20)21/h2-4,6,8-11,16-17,19,23H,1,5,7,12-15H2,(H,29,30)/t19-,23+/m0/s1. The molecular formula is C26H27NO3. The minimum absolute atomic E-state index is 0.134. The quantitative estimate of drug-likeness (QED) is 0.542. The zero-order valence-corrected chi connectivity index (χ0v) is 17.1. The molecule has 2 atom stereocenters. The first kappa shape index (κ1) is 20.3. The van der Waals surface area contributed by atoms with Gasteiger partial charge in [0.15, 0.2) is 0 Å². The number of para-hydroxylation sites is 1. The number of nitrogens with zero attached hydrogens (tertiary/aromatic N) is 1. The van der Waals surface area contributed by atoms with Gasteiger partial charge in [0.1, 0.15) is 5.78 Å². The summed E-state index contributed by atoms with van der Waals surface area (Å²) in [6.45, 7) is 0. The van der Waals surface area contributed by atoms with Crippen molar-refractivity contribution in [3.63, 3.8) is 0 Å². The van der Waals surface area contributed by atoms with Gasteiger partial charge in [0.2, 0.25) is 0 Å². The van der Waals surface area contributed by atoms with E-state index in [1.54, 1.807) is 18.2 Å². The summed E-state index contributed by atoms with van der Waals surface area (Å²) >= 11 is 0. The second kappa shape index (κ2) is 9.21. The topological polar surface area (TPSA) is 67.3 Å². The van der Waals surface area contributed by atoms with Crippen LogP contribution in [-0.4, -0.2) is 21.8 Å². The maximum atomic E-state index is 12.5. The third-order valence-electron chi connectivity index (χ3n) is 6.40. The summed E-state index contributed by atoms with van der Waals surface area (Å²) in [7, 11) is 0. The van der Waals surface area contributed by atoms with Crippen LogP contribution in [0.1, 0.15) is 53.6 Å².